The molecule has 0 bridgehead atoms. The molecular weight excluding hydrogens is 322 g/mol. The fourth-order valence-corrected chi connectivity index (χ4v) is 3.23. The van der Waals surface area contributed by atoms with Crippen LogP contribution in [0.4, 0.5) is 10.8 Å². The number of nitrogens with one attached hydrogen (secondary N) is 2. The topological polar surface area (TPSA) is 71.3 Å². The molecule has 0 fully saturated rings. The third-order valence-electron chi connectivity index (χ3n) is 3.54. The summed E-state index contributed by atoms with van der Waals surface area (Å²) in [6.07, 6.45) is 2.74. The summed E-state index contributed by atoms with van der Waals surface area (Å²) < 4.78 is 1.37. The predicted molar refractivity (Wildman–Crippen MR) is 99.2 cm³/mol. The van der Waals surface area contributed by atoms with Crippen molar-refractivity contribution in [1.29, 1.82) is 0 Å². The smallest absolute Gasteiger partial charge is 0.275 e. The summed E-state index contributed by atoms with van der Waals surface area (Å²) in [6, 6.07) is 11.7. The predicted octanol–water partition coefficient (Wildman–Crippen LogP) is 3.02. The van der Waals surface area contributed by atoms with E-state index in [1.165, 1.54) is 15.9 Å². The van der Waals surface area contributed by atoms with Crippen LogP contribution in [-0.2, 0) is 6.42 Å². The Morgan fingerprint density at radius 2 is 1.96 bits per heavy atom. The van der Waals surface area contributed by atoms with Gasteiger partial charge >= 0.3 is 0 Å². The Kier molecular flexibility index (Phi) is 5.43. The van der Waals surface area contributed by atoms with Gasteiger partial charge in [-0.15, -0.1) is 5.10 Å². The molecule has 7 heteroatoms. The molecule has 0 amide bonds. The molecular formula is C17H21N5OS. The van der Waals surface area contributed by atoms with Crippen molar-refractivity contribution in [3.05, 3.63) is 52.4 Å². The second-order valence-electron chi connectivity index (χ2n) is 5.51. The average molecular weight is 343 g/mol. The van der Waals surface area contributed by atoms with E-state index < -0.39 is 0 Å². The monoisotopic (exact) mass is 343 g/mol. The highest BCUT2D eigenvalue weighted by atomic mass is 32.1. The van der Waals surface area contributed by atoms with Gasteiger partial charge in [-0.05, 0) is 25.0 Å². The SMILES string of the molecule is CCCc1cc(=O)n2nc(NCCCNc3ccccc3)sc2n1. The largest absolute Gasteiger partial charge is 0.385 e. The number of aromatic nitrogens is 3. The number of para-hydroxylation sites is 1. The van der Waals surface area contributed by atoms with Crippen molar-refractivity contribution >= 4 is 27.1 Å². The summed E-state index contributed by atoms with van der Waals surface area (Å²) in [5.74, 6) is 0. The molecule has 126 valence electrons. The fraction of sp³-hybridized carbons (Fsp3) is 0.353. The number of rotatable bonds is 8. The first kappa shape index (κ1) is 16.4. The highest BCUT2D eigenvalue weighted by Crippen LogP contribution is 2.16. The van der Waals surface area contributed by atoms with Crippen LogP contribution in [-0.4, -0.2) is 27.7 Å². The minimum absolute atomic E-state index is 0.113. The van der Waals surface area contributed by atoms with Gasteiger partial charge in [0.05, 0.1) is 0 Å². The summed E-state index contributed by atoms with van der Waals surface area (Å²) in [6.45, 7) is 3.74. The number of anilines is 2. The number of benzene rings is 1. The van der Waals surface area contributed by atoms with Crippen LogP contribution in [0.25, 0.3) is 4.96 Å². The van der Waals surface area contributed by atoms with Gasteiger partial charge in [0.25, 0.3) is 5.56 Å². The van der Waals surface area contributed by atoms with Crippen molar-refractivity contribution in [2.45, 2.75) is 26.2 Å². The lowest BCUT2D eigenvalue weighted by molar-refractivity contribution is 0.836. The van der Waals surface area contributed by atoms with Gasteiger partial charge in [0, 0.05) is 30.5 Å². The molecule has 2 aromatic heterocycles. The Bertz CT molecular complexity index is 843. The van der Waals surface area contributed by atoms with Crippen LogP contribution in [0.1, 0.15) is 25.5 Å². The summed E-state index contributed by atoms with van der Waals surface area (Å²) in [7, 11) is 0. The van der Waals surface area contributed by atoms with Crippen molar-refractivity contribution in [3.8, 4) is 0 Å². The highest BCUT2D eigenvalue weighted by Gasteiger charge is 2.08. The molecule has 2 heterocycles. The van der Waals surface area contributed by atoms with Gasteiger partial charge in [0.1, 0.15) is 0 Å². The maximum atomic E-state index is 12.1. The van der Waals surface area contributed by atoms with Crippen LogP contribution in [0.3, 0.4) is 0 Å². The molecule has 2 N–H and O–H groups in total. The van der Waals surface area contributed by atoms with Crippen LogP contribution in [0.5, 0.6) is 0 Å². The van der Waals surface area contributed by atoms with Gasteiger partial charge in [0.15, 0.2) is 0 Å². The number of hydrogen-bond acceptors (Lipinski definition) is 6. The van der Waals surface area contributed by atoms with Gasteiger partial charge in [-0.1, -0.05) is 42.9 Å². The van der Waals surface area contributed by atoms with Crippen molar-refractivity contribution in [2.75, 3.05) is 23.7 Å². The zero-order chi connectivity index (χ0) is 16.8. The molecule has 1 aromatic carbocycles. The summed E-state index contributed by atoms with van der Waals surface area (Å²) in [5, 5.41) is 11.7. The first-order valence-electron chi connectivity index (χ1n) is 8.19. The lowest BCUT2D eigenvalue weighted by atomic mass is 10.2. The first-order valence-corrected chi connectivity index (χ1v) is 9.00. The zero-order valence-electron chi connectivity index (χ0n) is 13.7. The Hall–Kier alpha value is -2.41. The lowest BCUT2D eigenvalue weighted by Crippen LogP contribution is -2.15. The molecule has 0 aliphatic heterocycles. The molecule has 0 unspecified atom stereocenters. The maximum Gasteiger partial charge on any atom is 0.275 e. The number of nitrogens with zero attached hydrogens (tertiary/aromatic N) is 3. The van der Waals surface area contributed by atoms with E-state index in [9.17, 15) is 4.79 Å². The average Bonchev–Trinajstić information content (AvgIpc) is 2.99. The second kappa shape index (κ2) is 7.92. The quantitative estimate of drug-likeness (QED) is 0.615. The molecule has 0 radical (unpaired) electrons. The Morgan fingerprint density at radius 1 is 1.17 bits per heavy atom. The van der Waals surface area contributed by atoms with E-state index in [1.54, 1.807) is 6.07 Å². The van der Waals surface area contributed by atoms with Crippen molar-refractivity contribution < 1.29 is 0 Å². The van der Waals surface area contributed by atoms with E-state index in [0.717, 1.165) is 48.9 Å². The van der Waals surface area contributed by atoms with Gasteiger partial charge < -0.3 is 10.6 Å². The zero-order valence-corrected chi connectivity index (χ0v) is 14.5. The standard InChI is InChI=1S/C17H21N5OS/c1-2-7-14-12-15(23)22-17(20-14)24-16(21-22)19-11-6-10-18-13-8-4-3-5-9-13/h3-5,8-9,12,18H,2,6-7,10-11H2,1H3,(H,19,21). The molecule has 0 atom stereocenters. The van der Waals surface area contributed by atoms with E-state index in [4.69, 9.17) is 0 Å². The van der Waals surface area contributed by atoms with Crippen LogP contribution >= 0.6 is 11.3 Å². The summed E-state index contributed by atoms with van der Waals surface area (Å²) in [4.78, 5) is 17.2. The third-order valence-corrected chi connectivity index (χ3v) is 4.40. The van der Waals surface area contributed by atoms with E-state index in [2.05, 4.69) is 27.6 Å². The number of aryl methyl sites for hydroxylation is 1. The molecule has 3 aromatic rings. The number of hydrogen-bond donors (Lipinski definition) is 2. The molecule has 3 rings (SSSR count). The van der Waals surface area contributed by atoms with Crippen LogP contribution in [0, 0.1) is 0 Å². The van der Waals surface area contributed by atoms with Gasteiger partial charge in [-0.25, -0.2) is 4.98 Å². The summed E-state index contributed by atoms with van der Waals surface area (Å²) >= 11 is 1.42. The van der Waals surface area contributed by atoms with Gasteiger partial charge in [0.2, 0.25) is 10.1 Å². The van der Waals surface area contributed by atoms with Gasteiger partial charge in [-0.2, -0.15) is 4.52 Å². The minimum Gasteiger partial charge on any atom is -0.385 e. The number of fused-ring (bicyclic) bond motifs is 1. The van der Waals surface area contributed by atoms with E-state index in [0.29, 0.717) is 4.96 Å². The van der Waals surface area contributed by atoms with Crippen molar-refractivity contribution in [2.24, 2.45) is 0 Å². The molecule has 0 spiro atoms. The molecule has 0 saturated carbocycles. The first-order chi connectivity index (χ1) is 11.8. The molecule has 6 nitrogen and oxygen atoms in total. The van der Waals surface area contributed by atoms with Crippen LogP contribution < -0.4 is 16.2 Å². The summed E-state index contributed by atoms with van der Waals surface area (Å²) in [5.41, 5.74) is 1.85. The lowest BCUT2D eigenvalue weighted by Gasteiger charge is -2.06. The Morgan fingerprint density at radius 3 is 2.75 bits per heavy atom. The van der Waals surface area contributed by atoms with Crippen LogP contribution in [0.15, 0.2) is 41.2 Å². The van der Waals surface area contributed by atoms with Crippen molar-refractivity contribution in [3.63, 3.8) is 0 Å². The van der Waals surface area contributed by atoms with E-state index >= 15 is 0 Å². The Labute approximate surface area is 144 Å². The maximum absolute atomic E-state index is 12.1. The highest BCUT2D eigenvalue weighted by molar-refractivity contribution is 7.20. The third kappa shape index (κ3) is 4.11. The molecule has 0 aliphatic rings. The minimum atomic E-state index is -0.113. The molecule has 24 heavy (non-hydrogen) atoms. The van der Waals surface area contributed by atoms with Gasteiger partial charge in [-0.3, -0.25) is 4.79 Å². The fourth-order valence-electron chi connectivity index (χ4n) is 2.38. The van der Waals surface area contributed by atoms with E-state index in [-0.39, 0.29) is 5.56 Å². The molecule has 0 saturated heterocycles. The second-order valence-corrected chi connectivity index (χ2v) is 6.47. The van der Waals surface area contributed by atoms with E-state index in [1.807, 2.05) is 30.3 Å². The van der Waals surface area contributed by atoms with Crippen LogP contribution in [0.2, 0.25) is 0 Å². The van der Waals surface area contributed by atoms with Crippen molar-refractivity contribution in [1.82, 2.24) is 14.6 Å². The normalized spacial score (nSPS) is 10.9. The molecule has 0 aliphatic carbocycles. The Balaban J connectivity index is 1.54.